The molecule has 2 N–H and O–H groups in total. The molecule has 0 aliphatic carbocycles. The van der Waals surface area contributed by atoms with Crippen LogP contribution in [0, 0.1) is 0 Å². The van der Waals surface area contributed by atoms with Crippen molar-refractivity contribution in [1.82, 2.24) is 19.8 Å². The lowest BCUT2D eigenvalue weighted by Gasteiger charge is -2.32. The highest BCUT2D eigenvalue weighted by molar-refractivity contribution is 7.19. The molecule has 0 unspecified atom stereocenters. The van der Waals surface area contributed by atoms with Gasteiger partial charge in [-0.05, 0) is 44.2 Å². The second kappa shape index (κ2) is 11.9. The molecule has 3 heterocycles. The average Bonchev–Trinajstić information content (AvgIpc) is 3.35. The number of likely N-dealkylation sites (N-methyl/N-ethyl adjacent to an activating group) is 1. The number of hydrogen-bond acceptors (Lipinski definition) is 9. The Morgan fingerprint density at radius 2 is 1.95 bits per heavy atom. The number of thiophene rings is 1. The molecule has 0 saturated carbocycles. The van der Waals surface area contributed by atoms with E-state index in [2.05, 4.69) is 38.2 Å². The summed E-state index contributed by atoms with van der Waals surface area (Å²) in [5.41, 5.74) is 1.66. The molecule has 1 aliphatic rings. The van der Waals surface area contributed by atoms with Crippen LogP contribution in [0.15, 0.2) is 42.7 Å². The van der Waals surface area contributed by atoms with Crippen LogP contribution < -0.4 is 14.8 Å². The number of carboxylic acid groups (broad SMARTS) is 1. The van der Waals surface area contributed by atoms with Gasteiger partial charge in [0.15, 0.2) is 11.5 Å². The van der Waals surface area contributed by atoms with Crippen LogP contribution in [0.3, 0.4) is 0 Å². The fourth-order valence-corrected chi connectivity index (χ4v) is 5.77. The first-order chi connectivity index (χ1) is 18.5. The number of hydrogen-bond donors (Lipinski definition) is 2. The first kappa shape index (κ1) is 26.1. The van der Waals surface area contributed by atoms with Crippen LogP contribution >= 0.6 is 11.3 Å². The summed E-state index contributed by atoms with van der Waals surface area (Å²) in [7, 11) is 3.80. The lowest BCUT2D eigenvalue weighted by atomic mass is 10.1. The number of anilines is 2. The standard InChI is InChI=1S/C28H33N5O4S/c1-32-10-12-33(13-11-32)9-4-14-37-25-16-21-23(17-24(25)36-2)29-18-30-28(21)31-22-5-3-6-26-20(22)15-19(38-26)7-8-27(34)35/h3,5-6,15-18H,4,7-14H2,1-2H3,(H,34,35)(H,29,30,31). The van der Waals surface area contributed by atoms with Crippen LogP contribution in [0.2, 0.25) is 0 Å². The highest BCUT2D eigenvalue weighted by atomic mass is 32.1. The first-order valence-electron chi connectivity index (χ1n) is 12.9. The molecule has 0 amide bonds. The highest BCUT2D eigenvalue weighted by Gasteiger charge is 2.16. The monoisotopic (exact) mass is 535 g/mol. The topological polar surface area (TPSA) is 100 Å². The number of piperazine rings is 1. The fraction of sp³-hybridized carbons (Fsp3) is 0.393. The second-order valence-corrected chi connectivity index (χ2v) is 10.7. The molecule has 200 valence electrons. The van der Waals surface area contributed by atoms with Gasteiger partial charge in [-0.1, -0.05) is 6.07 Å². The van der Waals surface area contributed by atoms with Crippen molar-refractivity contribution in [2.75, 3.05) is 58.8 Å². The Bertz CT molecular complexity index is 1420. The summed E-state index contributed by atoms with van der Waals surface area (Å²) in [6, 6.07) is 11.9. The minimum Gasteiger partial charge on any atom is -0.493 e. The Labute approximate surface area is 226 Å². The normalized spacial score (nSPS) is 14.7. The highest BCUT2D eigenvalue weighted by Crippen LogP contribution is 2.37. The van der Waals surface area contributed by atoms with Gasteiger partial charge in [0.05, 0.1) is 25.7 Å². The number of nitrogens with zero attached hydrogens (tertiary/aromatic N) is 4. The summed E-state index contributed by atoms with van der Waals surface area (Å²) in [4.78, 5) is 25.9. The van der Waals surface area contributed by atoms with Crippen molar-refractivity contribution in [3.05, 3.63) is 47.6 Å². The van der Waals surface area contributed by atoms with Gasteiger partial charge in [-0.2, -0.15) is 0 Å². The Kier molecular flexibility index (Phi) is 8.21. The van der Waals surface area contributed by atoms with E-state index in [1.807, 2.05) is 30.3 Å². The van der Waals surface area contributed by atoms with Gasteiger partial charge < -0.3 is 29.7 Å². The van der Waals surface area contributed by atoms with E-state index in [4.69, 9.17) is 14.6 Å². The van der Waals surface area contributed by atoms with E-state index in [9.17, 15) is 4.79 Å². The van der Waals surface area contributed by atoms with E-state index in [0.29, 0.717) is 30.3 Å². The number of ether oxygens (including phenoxy) is 2. The maximum atomic E-state index is 11.0. The number of benzene rings is 2. The summed E-state index contributed by atoms with van der Waals surface area (Å²) in [6.07, 6.45) is 3.10. The molecule has 38 heavy (non-hydrogen) atoms. The zero-order valence-electron chi connectivity index (χ0n) is 21.8. The van der Waals surface area contributed by atoms with Crippen molar-refractivity contribution in [3.8, 4) is 11.5 Å². The molecule has 1 aliphatic heterocycles. The van der Waals surface area contributed by atoms with Crippen LogP contribution in [-0.2, 0) is 11.2 Å². The zero-order chi connectivity index (χ0) is 26.5. The lowest BCUT2D eigenvalue weighted by Crippen LogP contribution is -2.44. The predicted octanol–water partition coefficient (Wildman–Crippen LogP) is 4.63. The molecule has 0 radical (unpaired) electrons. The quantitative estimate of drug-likeness (QED) is 0.266. The van der Waals surface area contributed by atoms with E-state index >= 15 is 0 Å². The predicted molar refractivity (Wildman–Crippen MR) is 151 cm³/mol. The fourth-order valence-electron chi connectivity index (χ4n) is 4.68. The molecule has 9 nitrogen and oxygen atoms in total. The zero-order valence-corrected chi connectivity index (χ0v) is 22.6. The van der Waals surface area contributed by atoms with Gasteiger partial charge in [0.1, 0.15) is 12.1 Å². The number of aromatic nitrogens is 2. The number of methoxy groups -OCH3 is 1. The van der Waals surface area contributed by atoms with Crippen molar-refractivity contribution < 1.29 is 19.4 Å². The summed E-state index contributed by atoms with van der Waals surface area (Å²) in [5, 5.41) is 14.4. The minimum atomic E-state index is -0.791. The number of rotatable bonds is 11. The average molecular weight is 536 g/mol. The third-order valence-corrected chi connectivity index (χ3v) is 8.00. The van der Waals surface area contributed by atoms with Crippen LogP contribution in [-0.4, -0.2) is 84.3 Å². The SMILES string of the molecule is COc1cc2ncnc(Nc3cccc4sc(CCC(=O)O)cc34)c2cc1OCCCN1CCN(C)CC1. The summed E-state index contributed by atoms with van der Waals surface area (Å²) in [5.74, 6) is 1.19. The Morgan fingerprint density at radius 3 is 2.74 bits per heavy atom. The second-order valence-electron chi connectivity index (χ2n) is 9.54. The molecule has 1 fully saturated rings. The lowest BCUT2D eigenvalue weighted by molar-refractivity contribution is -0.136. The summed E-state index contributed by atoms with van der Waals surface area (Å²) >= 11 is 1.62. The van der Waals surface area contributed by atoms with Crippen LogP contribution in [0.4, 0.5) is 11.5 Å². The van der Waals surface area contributed by atoms with Crippen molar-refractivity contribution >= 4 is 49.8 Å². The third-order valence-electron chi connectivity index (χ3n) is 6.84. The number of nitrogens with one attached hydrogen (secondary N) is 1. The molecule has 2 aromatic carbocycles. The molecule has 0 spiro atoms. The Morgan fingerprint density at radius 1 is 1.11 bits per heavy atom. The number of aliphatic carboxylic acids is 1. The Balaban J connectivity index is 1.34. The van der Waals surface area contributed by atoms with Crippen LogP contribution in [0.1, 0.15) is 17.7 Å². The molecule has 0 atom stereocenters. The molecule has 5 rings (SSSR count). The molecule has 4 aromatic rings. The van der Waals surface area contributed by atoms with Crippen molar-refractivity contribution in [2.24, 2.45) is 0 Å². The molecule has 10 heteroatoms. The molecular formula is C28H33N5O4S. The van der Waals surface area contributed by atoms with E-state index in [1.54, 1.807) is 18.4 Å². The van der Waals surface area contributed by atoms with Gasteiger partial charge in [-0.3, -0.25) is 4.79 Å². The van der Waals surface area contributed by atoms with E-state index in [-0.39, 0.29) is 6.42 Å². The van der Waals surface area contributed by atoms with Crippen LogP contribution in [0.25, 0.3) is 21.0 Å². The number of carbonyl (C=O) groups is 1. The van der Waals surface area contributed by atoms with Crippen molar-refractivity contribution in [3.63, 3.8) is 0 Å². The number of carboxylic acids is 1. The first-order valence-corrected chi connectivity index (χ1v) is 13.7. The van der Waals surface area contributed by atoms with E-state index in [0.717, 1.165) is 70.7 Å². The maximum Gasteiger partial charge on any atom is 0.303 e. The van der Waals surface area contributed by atoms with E-state index in [1.165, 1.54) is 6.33 Å². The molecule has 0 bridgehead atoms. The largest absolute Gasteiger partial charge is 0.493 e. The molecule has 2 aromatic heterocycles. The van der Waals surface area contributed by atoms with Gasteiger partial charge >= 0.3 is 5.97 Å². The number of aryl methyl sites for hydroxylation is 1. The smallest absolute Gasteiger partial charge is 0.303 e. The number of fused-ring (bicyclic) bond motifs is 2. The minimum absolute atomic E-state index is 0.117. The summed E-state index contributed by atoms with van der Waals surface area (Å²) < 4.78 is 12.9. The van der Waals surface area contributed by atoms with Crippen LogP contribution in [0.5, 0.6) is 11.5 Å². The summed E-state index contributed by atoms with van der Waals surface area (Å²) in [6.45, 7) is 6.02. The van der Waals surface area contributed by atoms with Gasteiger partial charge in [0.2, 0.25) is 0 Å². The van der Waals surface area contributed by atoms with Crippen molar-refractivity contribution in [1.29, 1.82) is 0 Å². The maximum absolute atomic E-state index is 11.0. The third kappa shape index (κ3) is 6.15. The molecule has 1 saturated heterocycles. The van der Waals surface area contributed by atoms with Gasteiger partial charge in [0.25, 0.3) is 0 Å². The van der Waals surface area contributed by atoms with Crippen molar-refractivity contribution in [2.45, 2.75) is 19.3 Å². The van der Waals surface area contributed by atoms with E-state index < -0.39 is 5.97 Å². The van der Waals surface area contributed by atoms with Gasteiger partial charge in [-0.15, -0.1) is 11.3 Å². The Hall–Kier alpha value is -3.47. The molecular weight excluding hydrogens is 502 g/mol. The van der Waals surface area contributed by atoms with Gasteiger partial charge in [-0.25, -0.2) is 9.97 Å². The van der Waals surface area contributed by atoms with Gasteiger partial charge in [0, 0.05) is 64.8 Å².